The summed E-state index contributed by atoms with van der Waals surface area (Å²) in [4.78, 5) is 22.3. The average molecular weight is 219 g/mol. The van der Waals surface area contributed by atoms with Gasteiger partial charge in [-0.25, -0.2) is 4.79 Å². The minimum atomic E-state index is -0.397. The molecule has 1 amide bonds. The summed E-state index contributed by atoms with van der Waals surface area (Å²) < 4.78 is 4.56. The monoisotopic (exact) mass is 219 g/mol. The van der Waals surface area contributed by atoms with Crippen LogP contribution in [0.15, 0.2) is 36.4 Å². The predicted octanol–water partition coefficient (Wildman–Crippen LogP) is 1.99. The van der Waals surface area contributed by atoms with Gasteiger partial charge in [0.1, 0.15) is 0 Å². The van der Waals surface area contributed by atoms with E-state index >= 15 is 0 Å². The van der Waals surface area contributed by atoms with E-state index in [9.17, 15) is 9.59 Å². The number of nitrogens with one attached hydrogen (secondary N) is 1. The van der Waals surface area contributed by atoms with Crippen molar-refractivity contribution in [3.8, 4) is 0 Å². The van der Waals surface area contributed by atoms with Crippen molar-refractivity contribution in [2.24, 2.45) is 0 Å². The molecule has 0 saturated carbocycles. The predicted molar refractivity (Wildman–Crippen MR) is 61.2 cm³/mol. The van der Waals surface area contributed by atoms with Crippen molar-refractivity contribution in [2.45, 2.75) is 6.92 Å². The van der Waals surface area contributed by atoms with E-state index in [0.717, 1.165) is 0 Å². The molecule has 0 fully saturated rings. The first-order chi connectivity index (χ1) is 7.67. The van der Waals surface area contributed by atoms with Gasteiger partial charge < -0.3 is 10.1 Å². The molecule has 4 heteroatoms. The third-order valence-electron chi connectivity index (χ3n) is 1.89. The summed E-state index contributed by atoms with van der Waals surface area (Å²) in [6.07, 6.45) is 3.08. The van der Waals surface area contributed by atoms with Crippen LogP contribution in [-0.2, 0) is 9.53 Å². The van der Waals surface area contributed by atoms with Crippen LogP contribution in [0.25, 0.3) is 0 Å². The molecule has 0 aromatic heterocycles. The topological polar surface area (TPSA) is 55.4 Å². The van der Waals surface area contributed by atoms with Gasteiger partial charge in [-0.15, -0.1) is 0 Å². The lowest BCUT2D eigenvalue weighted by Crippen LogP contribution is -2.08. The molecule has 0 bridgehead atoms. The summed E-state index contributed by atoms with van der Waals surface area (Å²) in [6, 6.07) is 6.48. The van der Waals surface area contributed by atoms with Crippen LogP contribution in [0.5, 0.6) is 0 Å². The third kappa shape index (κ3) is 3.24. The Morgan fingerprint density at radius 2 is 1.88 bits per heavy atom. The number of methoxy groups -OCH3 is 1. The molecule has 0 atom stereocenters. The second kappa shape index (κ2) is 5.70. The van der Waals surface area contributed by atoms with E-state index in [1.165, 1.54) is 13.2 Å². The van der Waals surface area contributed by atoms with E-state index in [0.29, 0.717) is 11.3 Å². The van der Waals surface area contributed by atoms with Crippen molar-refractivity contribution in [1.82, 2.24) is 0 Å². The first kappa shape index (κ1) is 12.0. The zero-order chi connectivity index (χ0) is 12.0. The van der Waals surface area contributed by atoms with Crippen LogP contribution in [0, 0.1) is 0 Å². The molecule has 0 aliphatic carbocycles. The Hall–Kier alpha value is -2.10. The van der Waals surface area contributed by atoms with Gasteiger partial charge in [-0.2, -0.15) is 0 Å². The maximum Gasteiger partial charge on any atom is 0.337 e. The minimum Gasteiger partial charge on any atom is -0.465 e. The summed E-state index contributed by atoms with van der Waals surface area (Å²) in [5.41, 5.74) is 1.09. The van der Waals surface area contributed by atoms with Crippen molar-refractivity contribution in [1.29, 1.82) is 0 Å². The molecule has 1 N–H and O–H groups in total. The average Bonchev–Trinajstić information content (AvgIpc) is 2.29. The van der Waals surface area contributed by atoms with E-state index in [-0.39, 0.29) is 5.91 Å². The number of amides is 1. The second-order valence-corrected chi connectivity index (χ2v) is 3.06. The standard InChI is InChI=1S/C12H13NO3/c1-3-4-11(14)13-10-7-5-9(6-8-10)12(15)16-2/h3-8H,1-2H3,(H,13,14). The number of esters is 1. The SMILES string of the molecule is CC=CC(=O)Nc1ccc(C(=O)OC)cc1. The van der Waals surface area contributed by atoms with Crippen LogP contribution in [-0.4, -0.2) is 19.0 Å². The van der Waals surface area contributed by atoms with Gasteiger partial charge in [-0.3, -0.25) is 4.79 Å². The van der Waals surface area contributed by atoms with Gasteiger partial charge in [0.25, 0.3) is 0 Å². The number of ether oxygens (including phenoxy) is 1. The maximum absolute atomic E-state index is 11.2. The Labute approximate surface area is 93.9 Å². The molecule has 0 unspecified atom stereocenters. The molecule has 0 aliphatic rings. The highest BCUT2D eigenvalue weighted by Crippen LogP contribution is 2.10. The van der Waals surface area contributed by atoms with Gasteiger partial charge >= 0.3 is 5.97 Å². The third-order valence-corrected chi connectivity index (χ3v) is 1.89. The quantitative estimate of drug-likeness (QED) is 0.624. The lowest BCUT2D eigenvalue weighted by molar-refractivity contribution is -0.111. The van der Waals surface area contributed by atoms with Crippen molar-refractivity contribution in [3.63, 3.8) is 0 Å². The number of allylic oxidation sites excluding steroid dienone is 1. The van der Waals surface area contributed by atoms with E-state index in [1.807, 2.05) is 0 Å². The highest BCUT2D eigenvalue weighted by molar-refractivity contribution is 5.99. The van der Waals surface area contributed by atoms with Crippen LogP contribution in [0.4, 0.5) is 5.69 Å². The van der Waals surface area contributed by atoms with E-state index in [1.54, 1.807) is 37.3 Å². The Bertz CT molecular complexity index is 407. The normalized spacial score (nSPS) is 10.1. The molecule has 1 aromatic carbocycles. The molecule has 16 heavy (non-hydrogen) atoms. The number of hydrogen-bond donors (Lipinski definition) is 1. The van der Waals surface area contributed by atoms with Gasteiger partial charge in [-0.05, 0) is 37.3 Å². The number of carbonyl (C=O) groups excluding carboxylic acids is 2. The molecule has 0 radical (unpaired) electrons. The van der Waals surface area contributed by atoms with Crippen molar-refractivity contribution in [2.75, 3.05) is 12.4 Å². The first-order valence-corrected chi connectivity index (χ1v) is 4.79. The van der Waals surface area contributed by atoms with Crippen LogP contribution >= 0.6 is 0 Å². The fourth-order valence-corrected chi connectivity index (χ4v) is 1.14. The Morgan fingerprint density at radius 1 is 1.25 bits per heavy atom. The van der Waals surface area contributed by atoms with E-state index in [4.69, 9.17) is 0 Å². The number of carbonyl (C=O) groups is 2. The molecule has 1 aromatic rings. The summed E-state index contributed by atoms with van der Waals surface area (Å²) in [6.45, 7) is 1.76. The van der Waals surface area contributed by atoms with Crippen LogP contribution in [0.3, 0.4) is 0 Å². The maximum atomic E-state index is 11.2. The highest BCUT2D eigenvalue weighted by Gasteiger charge is 2.04. The summed E-state index contributed by atoms with van der Waals surface area (Å²) in [5.74, 6) is -0.598. The fourth-order valence-electron chi connectivity index (χ4n) is 1.14. The van der Waals surface area contributed by atoms with Crippen molar-refractivity contribution >= 4 is 17.6 Å². The smallest absolute Gasteiger partial charge is 0.337 e. The van der Waals surface area contributed by atoms with Crippen LogP contribution in [0.1, 0.15) is 17.3 Å². The molecular weight excluding hydrogens is 206 g/mol. The van der Waals surface area contributed by atoms with E-state index in [2.05, 4.69) is 10.1 Å². The Balaban J connectivity index is 2.72. The molecule has 0 heterocycles. The Kier molecular flexibility index (Phi) is 4.27. The van der Waals surface area contributed by atoms with E-state index < -0.39 is 5.97 Å². The molecule has 84 valence electrons. The Morgan fingerprint density at radius 3 is 2.38 bits per heavy atom. The first-order valence-electron chi connectivity index (χ1n) is 4.79. The van der Waals surface area contributed by atoms with Crippen LogP contribution in [0.2, 0.25) is 0 Å². The summed E-state index contributed by atoms with van der Waals surface area (Å²) in [5, 5.41) is 2.65. The van der Waals surface area contributed by atoms with Crippen LogP contribution < -0.4 is 5.32 Å². The van der Waals surface area contributed by atoms with Gasteiger partial charge in [0.05, 0.1) is 12.7 Å². The number of hydrogen-bond acceptors (Lipinski definition) is 3. The van der Waals surface area contributed by atoms with Crippen molar-refractivity contribution in [3.05, 3.63) is 42.0 Å². The molecule has 0 spiro atoms. The molecule has 0 aliphatic heterocycles. The summed E-state index contributed by atoms with van der Waals surface area (Å²) in [7, 11) is 1.32. The fraction of sp³-hybridized carbons (Fsp3) is 0.167. The minimum absolute atomic E-state index is 0.201. The number of rotatable bonds is 3. The summed E-state index contributed by atoms with van der Waals surface area (Å²) >= 11 is 0. The van der Waals surface area contributed by atoms with Crippen molar-refractivity contribution < 1.29 is 14.3 Å². The second-order valence-electron chi connectivity index (χ2n) is 3.06. The largest absolute Gasteiger partial charge is 0.465 e. The van der Waals surface area contributed by atoms with Gasteiger partial charge in [0.2, 0.25) is 5.91 Å². The zero-order valence-corrected chi connectivity index (χ0v) is 9.19. The molecule has 4 nitrogen and oxygen atoms in total. The zero-order valence-electron chi connectivity index (χ0n) is 9.19. The van der Waals surface area contributed by atoms with Gasteiger partial charge in [0.15, 0.2) is 0 Å². The van der Waals surface area contributed by atoms with Gasteiger partial charge in [0, 0.05) is 5.69 Å². The lowest BCUT2D eigenvalue weighted by atomic mass is 10.2. The van der Waals surface area contributed by atoms with Gasteiger partial charge in [-0.1, -0.05) is 6.08 Å². The lowest BCUT2D eigenvalue weighted by Gasteiger charge is -2.03. The number of anilines is 1. The number of benzene rings is 1. The highest BCUT2D eigenvalue weighted by atomic mass is 16.5. The molecule has 1 rings (SSSR count). The molecular formula is C12H13NO3. The molecule has 0 saturated heterocycles.